The number of carbonyl (C=O) groups is 1. The van der Waals surface area contributed by atoms with Crippen LogP contribution in [0.4, 0.5) is 0 Å². The Morgan fingerprint density at radius 3 is 2.21 bits per heavy atom. The summed E-state index contributed by atoms with van der Waals surface area (Å²) in [5, 5.41) is 0. The average Bonchev–Trinajstić information content (AvgIpc) is 2.90. The van der Waals surface area contributed by atoms with Crippen LogP contribution in [0.3, 0.4) is 0 Å². The third kappa shape index (κ3) is 1.93. The molecule has 4 aliphatic carbocycles. The van der Waals surface area contributed by atoms with E-state index in [9.17, 15) is 4.79 Å². The van der Waals surface area contributed by atoms with Crippen LogP contribution in [0.25, 0.3) is 0 Å². The Morgan fingerprint density at radius 2 is 1.68 bits per heavy atom. The zero-order valence-corrected chi connectivity index (χ0v) is 11.9. The fraction of sp³-hybridized carbons (Fsp3) is 0.938. The van der Waals surface area contributed by atoms with Crippen LogP contribution in [-0.4, -0.2) is 36.6 Å². The Balaban J connectivity index is 1.50. The fourth-order valence-electron chi connectivity index (χ4n) is 5.68. The molecule has 0 N–H and O–H groups in total. The Kier molecular flexibility index (Phi) is 2.87. The number of rotatable bonds is 2. The van der Waals surface area contributed by atoms with E-state index >= 15 is 0 Å². The first-order valence-corrected chi connectivity index (χ1v) is 8.10. The third-order valence-corrected chi connectivity index (χ3v) is 6.18. The van der Waals surface area contributed by atoms with Gasteiger partial charge in [0.25, 0.3) is 5.91 Å². The molecule has 0 aromatic heterocycles. The monoisotopic (exact) mass is 263 g/mol. The summed E-state index contributed by atoms with van der Waals surface area (Å²) in [4.78, 5) is 14.7. The molecule has 1 saturated heterocycles. The van der Waals surface area contributed by atoms with Crippen LogP contribution in [0.2, 0.25) is 0 Å². The maximum Gasteiger partial charge on any atom is 0.251 e. The molecule has 0 radical (unpaired) electrons. The Labute approximate surface area is 115 Å². The van der Waals surface area contributed by atoms with Crippen LogP contribution in [0.5, 0.6) is 0 Å². The van der Waals surface area contributed by atoms with Crippen LogP contribution < -0.4 is 0 Å². The van der Waals surface area contributed by atoms with Crippen molar-refractivity contribution in [3.63, 3.8) is 0 Å². The van der Waals surface area contributed by atoms with Gasteiger partial charge in [-0.2, -0.15) is 0 Å². The van der Waals surface area contributed by atoms with Crippen molar-refractivity contribution in [3.05, 3.63) is 0 Å². The minimum Gasteiger partial charge on any atom is -0.368 e. The van der Waals surface area contributed by atoms with E-state index < -0.39 is 0 Å². The number of nitrogens with zero attached hydrogens (tertiary/aromatic N) is 1. The molecule has 5 rings (SSSR count). The lowest BCUT2D eigenvalue weighted by molar-refractivity contribution is -0.150. The molecule has 3 heteroatoms. The predicted octanol–water partition coefficient (Wildman–Crippen LogP) is 2.45. The molecular weight excluding hydrogens is 238 g/mol. The summed E-state index contributed by atoms with van der Waals surface area (Å²) in [6.45, 7) is 0.770. The van der Waals surface area contributed by atoms with Crippen LogP contribution in [0.1, 0.15) is 44.9 Å². The van der Waals surface area contributed by atoms with Crippen LogP contribution in [0, 0.1) is 23.7 Å². The lowest BCUT2D eigenvalue weighted by Crippen LogP contribution is -2.57. The van der Waals surface area contributed by atoms with Gasteiger partial charge in [0.15, 0.2) is 0 Å². The predicted molar refractivity (Wildman–Crippen MR) is 72.6 cm³/mol. The van der Waals surface area contributed by atoms with E-state index in [4.69, 9.17) is 4.74 Å². The molecule has 1 atom stereocenters. The second kappa shape index (κ2) is 4.47. The number of carbonyl (C=O) groups excluding carboxylic acids is 1. The van der Waals surface area contributed by atoms with Gasteiger partial charge in [0.1, 0.15) is 6.10 Å². The summed E-state index contributed by atoms with van der Waals surface area (Å²) < 4.78 is 5.59. The molecule has 0 unspecified atom stereocenters. The van der Waals surface area contributed by atoms with E-state index in [1.165, 1.54) is 32.1 Å². The highest BCUT2D eigenvalue weighted by Crippen LogP contribution is 2.55. The third-order valence-electron chi connectivity index (χ3n) is 6.18. The molecule has 0 aromatic carbocycles. The summed E-state index contributed by atoms with van der Waals surface area (Å²) in [7, 11) is 2.04. The molecule has 1 amide bonds. The molecule has 0 spiro atoms. The van der Waals surface area contributed by atoms with Crippen LogP contribution in [0.15, 0.2) is 0 Å². The molecule has 1 heterocycles. The van der Waals surface area contributed by atoms with E-state index in [-0.39, 0.29) is 12.0 Å². The van der Waals surface area contributed by atoms with E-state index in [0.29, 0.717) is 6.04 Å². The van der Waals surface area contributed by atoms with Crippen LogP contribution in [-0.2, 0) is 9.53 Å². The lowest BCUT2D eigenvalue weighted by atomic mass is 9.54. The fourth-order valence-corrected chi connectivity index (χ4v) is 5.68. The van der Waals surface area contributed by atoms with E-state index in [1.807, 2.05) is 7.05 Å². The van der Waals surface area contributed by atoms with E-state index in [2.05, 4.69) is 4.90 Å². The van der Waals surface area contributed by atoms with E-state index in [1.54, 1.807) is 0 Å². The highest BCUT2D eigenvalue weighted by Gasteiger charge is 2.50. The second-order valence-electron chi connectivity index (χ2n) is 7.37. The Bertz CT molecular complexity index is 347. The van der Waals surface area contributed by atoms with Gasteiger partial charge in [-0.05, 0) is 68.6 Å². The smallest absolute Gasteiger partial charge is 0.251 e. The maximum atomic E-state index is 12.6. The van der Waals surface area contributed by atoms with Crippen LogP contribution >= 0.6 is 0 Å². The van der Waals surface area contributed by atoms with E-state index in [0.717, 1.165) is 43.1 Å². The minimum atomic E-state index is -0.137. The minimum absolute atomic E-state index is 0.137. The molecule has 5 aliphatic rings. The largest absolute Gasteiger partial charge is 0.368 e. The number of amides is 1. The SMILES string of the molecule is CN(C(=O)[C@H]1CCCO1)C1C2CC3CC(C2)CC1C3. The van der Waals surface area contributed by atoms with Gasteiger partial charge in [0.2, 0.25) is 0 Å². The molecule has 4 bridgehead atoms. The summed E-state index contributed by atoms with van der Waals surface area (Å²) in [5.74, 6) is 3.78. The van der Waals surface area contributed by atoms with Gasteiger partial charge in [-0.3, -0.25) is 4.79 Å². The molecule has 3 nitrogen and oxygen atoms in total. The van der Waals surface area contributed by atoms with Gasteiger partial charge in [-0.25, -0.2) is 0 Å². The van der Waals surface area contributed by atoms with Gasteiger partial charge < -0.3 is 9.64 Å². The molecule has 1 aliphatic heterocycles. The van der Waals surface area contributed by atoms with Gasteiger partial charge in [-0.15, -0.1) is 0 Å². The first-order chi connectivity index (χ1) is 9.22. The normalized spacial score (nSPS) is 47.6. The number of ether oxygens (including phenoxy) is 1. The molecule has 106 valence electrons. The quantitative estimate of drug-likeness (QED) is 0.766. The standard InChI is InChI=1S/C16H25NO2/c1-17(16(18)14-3-2-4-19-14)15-12-6-10-5-11(8-12)9-13(15)7-10/h10-15H,2-9H2,1H3/t10?,11?,12?,13?,14-,15?/m1/s1. The number of hydrogen-bond donors (Lipinski definition) is 0. The number of hydrogen-bond acceptors (Lipinski definition) is 2. The highest BCUT2D eigenvalue weighted by atomic mass is 16.5. The van der Waals surface area contributed by atoms with Crippen molar-refractivity contribution in [1.29, 1.82) is 0 Å². The summed E-state index contributed by atoms with van der Waals surface area (Å²) in [6, 6.07) is 0.518. The molecule has 5 fully saturated rings. The van der Waals surface area contributed by atoms with Crippen molar-refractivity contribution in [2.75, 3.05) is 13.7 Å². The van der Waals surface area contributed by atoms with Crippen molar-refractivity contribution in [1.82, 2.24) is 4.90 Å². The van der Waals surface area contributed by atoms with Crippen molar-refractivity contribution in [2.45, 2.75) is 57.1 Å². The Hall–Kier alpha value is -0.570. The molecule has 4 saturated carbocycles. The molecule has 19 heavy (non-hydrogen) atoms. The highest BCUT2D eigenvalue weighted by molar-refractivity contribution is 5.81. The maximum absolute atomic E-state index is 12.6. The van der Waals surface area contributed by atoms with Gasteiger partial charge >= 0.3 is 0 Å². The van der Waals surface area contributed by atoms with Gasteiger partial charge in [0.05, 0.1) is 0 Å². The summed E-state index contributed by atoms with van der Waals surface area (Å²) in [6.07, 6.45) is 8.82. The second-order valence-corrected chi connectivity index (χ2v) is 7.37. The Morgan fingerprint density at radius 1 is 1.05 bits per heavy atom. The molecular formula is C16H25NO2. The average molecular weight is 263 g/mol. The van der Waals surface area contributed by atoms with Crippen molar-refractivity contribution in [3.8, 4) is 0 Å². The number of likely N-dealkylation sites (N-methyl/N-ethyl adjacent to an activating group) is 1. The van der Waals surface area contributed by atoms with Gasteiger partial charge in [-0.1, -0.05) is 0 Å². The van der Waals surface area contributed by atoms with Crippen molar-refractivity contribution in [2.24, 2.45) is 23.7 Å². The lowest BCUT2D eigenvalue weighted by Gasteiger charge is -2.56. The first-order valence-electron chi connectivity index (χ1n) is 8.10. The zero-order chi connectivity index (χ0) is 13.0. The zero-order valence-electron chi connectivity index (χ0n) is 11.9. The summed E-state index contributed by atoms with van der Waals surface area (Å²) >= 11 is 0. The first kappa shape index (κ1) is 12.2. The summed E-state index contributed by atoms with van der Waals surface area (Å²) in [5.41, 5.74) is 0. The molecule has 0 aromatic rings. The van der Waals surface area contributed by atoms with Crippen molar-refractivity contribution >= 4 is 5.91 Å². The van der Waals surface area contributed by atoms with Crippen molar-refractivity contribution < 1.29 is 9.53 Å². The van der Waals surface area contributed by atoms with Gasteiger partial charge in [0, 0.05) is 19.7 Å². The topological polar surface area (TPSA) is 29.5 Å².